The first kappa shape index (κ1) is 17.9. The fraction of sp³-hybridized carbons (Fsp3) is 0. The highest BCUT2D eigenvalue weighted by Crippen LogP contribution is 2.32. The van der Waals surface area contributed by atoms with Crippen LogP contribution in [0, 0.1) is 5.82 Å². The van der Waals surface area contributed by atoms with Crippen molar-refractivity contribution in [2.75, 3.05) is 5.73 Å². The number of hydrogen-bond acceptors (Lipinski definition) is 4. The number of rotatable bonds is 4. The van der Waals surface area contributed by atoms with Crippen molar-refractivity contribution in [2.45, 2.75) is 0 Å². The second kappa shape index (κ2) is 6.75. The van der Waals surface area contributed by atoms with Crippen LogP contribution in [0.1, 0.15) is 20.7 Å². The predicted octanol–water partition coefficient (Wildman–Crippen LogP) is 2.83. The summed E-state index contributed by atoms with van der Waals surface area (Å²) >= 11 is 0. The van der Waals surface area contributed by atoms with Crippen LogP contribution in [0.3, 0.4) is 0 Å². The van der Waals surface area contributed by atoms with Gasteiger partial charge in [0.2, 0.25) is 0 Å². The molecule has 0 radical (unpaired) electrons. The summed E-state index contributed by atoms with van der Waals surface area (Å²) < 4.78 is 14.1. The topological polar surface area (TPSA) is 133 Å². The molecule has 0 aliphatic rings. The lowest BCUT2D eigenvalue weighted by atomic mass is 9.93. The molecule has 0 saturated heterocycles. The van der Waals surface area contributed by atoms with E-state index in [1.54, 1.807) is 12.1 Å². The van der Waals surface area contributed by atoms with Crippen LogP contribution in [-0.2, 0) is 0 Å². The van der Waals surface area contributed by atoms with E-state index in [1.165, 1.54) is 36.4 Å². The molecule has 3 aromatic rings. The number of nitrogens with two attached hydrogens (primary N) is 1. The number of carboxylic acids is 2. The second-order valence-corrected chi connectivity index (χ2v) is 5.66. The molecular formula is C19H13FN2O5. The lowest BCUT2D eigenvalue weighted by Crippen LogP contribution is -2.24. The second-order valence-electron chi connectivity index (χ2n) is 5.66. The van der Waals surface area contributed by atoms with E-state index < -0.39 is 40.3 Å². The quantitative estimate of drug-likeness (QED) is 0.559. The van der Waals surface area contributed by atoms with Gasteiger partial charge in [0.15, 0.2) is 0 Å². The minimum atomic E-state index is -1.61. The van der Waals surface area contributed by atoms with Crippen molar-refractivity contribution in [3.63, 3.8) is 0 Å². The number of anilines is 1. The fourth-order valence-corrected chi connectivity index (χ4v) is 2.87. The summed E-state index contributed by atoms with van der Waals surface area (Å²) in [6.07, 6.45) is 0. The zero-order chi connectivity index (χ0) is 19.7. The van der Waals surface area contributed by atoms with E-state index >= 15 is 0 Å². The van der Waals surface area contributed by atoms with E-state index in [0.717, 1.165) is 0 Å². The third-order valence-corrected chi connectivity index (χ3v) is 4.01. The Bertz CT molecular complexity index is 1140. The molecular weight excluding hydrogens is 355 g/mol. The molecule has 5 N–H and O–H groups in total. The highest BCUT2D eigenvalue weighted by atomic mass is 19.1. The molecule has 0 saturated carbocycles. The Hall–Kier alpha value is -3.94. The molecule has 0 spiro atoms. The molecule has 1 heterocycles. The van der Waals surface area contributed by atoms with Gasteiger partial charge in [-0.05, 0) is 23.3 Å². The number of nitrogen functional groups attached to an aromatic ring is 1. The first-order chi connectivity index (χ1) is 12.8. The van der Waals surface area contributed by atoms with Gasteiger partial charge < -0.3 is 20.9 Å². The van der Waals surface area contributed by atoms with Gasteiger partial charge in [-0.25, -0.2) is 14.0 Å². The fourth-order valence-electron chi connectivity index (χ4n) is 2.87. The van der Waals surface area contributed by atoms with E-state index in [-0.39, 0.29) is 16.7 Å². The van der Waals surface area contributed by atoms with Crippen molar-refractivity contribution in [3.8, 4) is 22.3 Å². The molecule has 0 bridgehead atoms. The van der Waals surface area contributed by atoms with E-state index in [0.29, 0.717) is 5.56 Å². The monoisotopic (exact) mass is 368 g/mol. The van der Waals surface area contributed by atoms with E-state index in [1.807, 2.05) is 4.98 Å². The summed E-state index contributed by atoms with van der Waals surface area (Å²) in [5, 5.41) is 18.9. The van der Waals surface area contributed by atoms with Crippen molar-refractivity contribution in [3.05, 3.63) is 75.8 Å². The summed E-state index contributed by atoms with van der Waals surface area (Å²) in [7, 11) is 0. The van der Waals surface area contributed by atoms with E-state index in [2.05, 4.69) is 0 Å². The Labute approximate surface area is 151 Å². The Kier molecular flexibility index (Phi) is 4.47. The van der Waals surface area contributed by atoms with Crippen molar-refractivity contribution in [2.24, 2.45) is 0 Å². The van der Waals surface area contributed by atoms with Gasteiger partial charge in [-0.3, -0.25) is 4.79 Å². The van der Waals surface area contributed by atoms with E-state index in [9.17, 15) is 29.0 Å². The number of pyridine rings is 1. The molecule has 1 aromatic heterocycles. The predicted molar refractivity (Wildman–Crippen MR) is 96.2 cm³/mol. The summed E-state index contributed by atoms with van der Waals surface area (Å²) in [6.45, 7) is 0. The third-order valence-electron chi connectivity index (χ3n) is 4.01. The number of aromatic nitrogens is 1. The number of carboxylic acid groups (broad SMARTS) is 2. The highest BCUT2D eigenvalue weighted by molar-refractivity contribution is 6.07. The van der Waals surface area contributed by atoms with Gasteiger partial charge in [0.05, 0.1) is 0 Å². The van der Waals surface area contributed by atoms with Gasteiger partial charge in [-0.15, -0.1) is 0 Å². The molecule has 8 heteroatoms. The number of halogens is 1. The standard InChI is InChI=1S/C19H13FN2O5/c20-12-7-2-1-6-11(12)9-4-3-5-10(8-9)13-14(18(24)25)16(21)22-17(23)15(13)19(26)27/h1-8H,(H,24,25)(H,26,27)(H3,21,22,23). The van der Waals surface area contributed by atoms with Crippen LogP contribution < -0.4 is 11.3 Å². The number of carbonyl (C=O) groups is 2. The average Bonchev–Trinajstić information content (AvgIpc) is 2.60. The van der Waals surface area contributed by atoms with Crippen LogP contribution >= 0.6 is 0 Å². The molecule has 0 aliphatic heterocycles. The van der Waals surface area contributed by atoms with Gasteiger partial charge in [-0.2, -0.15) is 0 Å². The van der Waals surface area contributed by atoms with Crippen molar-refractivity contribution >= 4 is 17.8 Å². The Morgan fingerprint density at radius 2 is 1.56 bits per heavy atom. The number of benzene rings is 2. The third kappa shape index (κ3) is 3.15. The first-order valence-corrected chi connectivity index (χ1v) is 7.69. The molecule has 136 valence electrons. The maximum absolute atomic E-state index is 14.1. The molecule has 3 rings (SSSR count). The summed E-state index contributed by atoms with van der Waals surface area (Å²) in [5.74, 6) is -4.08. The molecule has 27 heavy (non-hydrogen) atoms. The Morgan fingerprint density at radius 1 is 0.926 bits per heavy atom. The number of aromatic amines is 1. The lowest BCUT2D eigenvalue weighted by Gasteiger charge is -2.13. The smallest absolute Gasteiger partial charge is 0.342 e. The molecule has 0 unspecified atom stereocenters. The number of aromatic carboxylic acids is 2. The lowest BCUT2D eigenvalue weighted by molar-refractivity contribution is 0.0695. The first-order valence-electron chi connectivity index (χ1n) is 7.69. The molecule has 0 fully saturated rings. The number of hydrogen-bond donors (Lipinski definition) is 4. The maximum Gasteiger partial charge on any atom is 0.342 e. The van der Waals surface area contributed by atoms with Crippen LogP contribution in [0.15, 0.2) is 53.3 Å². The summed E-state index contributed by atoms with van der Waals surface area (Å²) in [5.41, 5.74) is 3.68. The van der Waals surface area contributed by atoms with Crippen molar-refractivity contribution in [1.82, 2.24) is 4.98 Å². The SMILES string of the molecule is Nc1[nH]c(=O)c(C(=O)O)c(-c2cccc(-c3ccccc3F)c2)c1C(=O)O. The Morgan fingerprint density at radius 3 is 2.19 bits per heavy atom. The van der Waals surface area contributed by atoms with Crippen LogP contribution in [0.4, 0.5) is 10.2 Å². The van der Waals surface area contributed by atoms with Crippen LogP contribution in [0.25, 0.3) is 22.3 Å². The normalized spacial score (nSPS) is 10.6. The Balaban J connectivity index is 2.37. The van der Waals surface area contributed by atoms with E-state index in [4.69, 9.17) is 5.73 Å². The zero-order valence-electron chi connectivity index (χ0n) is 13.7. The van der Waals surface area contributed by atoms with Crippen LogP contribution in [0.5, 0.6) is 0 Å². The summed E-state index contributed by atoms with van der Waals surface area (Å²) in [6, 6.07) is 11.9. The zero-order valence-corrected chi connectivity index (χ0v) is 13.7. The number of H-pyrrole nitrogens is 1. The summed E-state index contributed by atoms with van der Waals surface area (Å²) in [4.78, 5) is 37.4. The molecule has 0 atom stereocenters. The van der Waals surface area contributed by atoms with Crippen molar-refractivity contribution < 1.29 is 24.2 Å². The average molecular weight is 368 g/mol. The van der Waals surface area contributed by atoms with Gasteiger partial charge in [0.25, 0.3) is 5.56 Å². The number of nitrogens with one attached hydrogen (secondary N) is 1. The van der Waals surface area contributed by atoms with Gasteiger partial charge in [0.1, 0.15) is 22.8 Å². The molecule has 0 aliphatic carbocycles. The van der Waals surface area contributed by atoms with Crippen LogP contribution in [-0.4, -0.2) is 27.1 Å². The van der Waals surface area contributed by atoms with Gasteiger partial charge in [0, 0.05) is 11.1 Å². The van der Waals surface area contributed by atoms with Gasteiger partial charge in [-0.1, -0.05) is 36.4 Å². The maximum atomic E-state index is 14.1. The van der Waals surface area contributed by atoms with Gasteiger partial charge >= 0.3 is 11.9 Å². The molecule has 0 amide bonds. The highest BCUT2D eigenvalue weighted by Gasteiger charge is 2.26. The molecule has 7 nitrogen and oxygen atoms in total. The largest absolute Gasteiger partial charge is 0.478 e. The van der Waals surface area contributed by atoms with Crippen LogP contribution in [0.2, 0.25) is 0 Å². The minimum absolute atomic E-state index is 0.114. The molecule has 2 aromatic carbocycles. The minimum Gasteiger partial charge on any atom is -0.478 e. The van der Waals surface area contributed by atoms with Crippen molar-refractivity contribution in [1.29, 1.82) is 0 Å².